The van der Waals surface area contributed by atoms with Crippen molar-refractivity contribution < 1.29 is 19.8 Å². The van der Waals surface area contributed by atoms with Crippen LogP contribution in [0.4, 0.5) is 0 Å². The Hall–Kier alpha value is -1.55. The van der Waals surface area contributed by atoms with E-state index in [0.29, 0.717) is 0 Å². The quantitative estimate of drug-likeness (QED) is 0.766. The van der Waals surface area contributed by atoms with Gasteiger partial charge in [0.1, 0.15) is 5.75 Å². The van der Waals surface area contributed by atoms with Crippen molar-refractivity contribution in [3.8, 4) is 5.75 Å². The standard InChI is InChI=1S/C10H7ClO4/c11-5-1-2-6(12)9-7(13)3-4(8(5)9)10(14)15/h1-2,4,12H,3H2,(H,14,15). The number of carboxylic acids is 1. The fourth-order valence-corrected chi connectivity index (χ4v) is 2.11. The van der Waals surface area contributed by atoms with Gasteiger partial charge in [0, 0.05) is 11.4 Å². The Bertz CT molecular complexity index is 467. The molecule has 1 atom stereocenters. The molecule has 0 radical (unpaired) electrons. The van der Waals surface area contributed by atoms with Crippen molar-refractivity contribution in [2.45, 2.75) is 12.3 Å². The maximum atomic E-state index is 11.5. The second kappa shape index (κ2) is 3.24. The third kappa shape index (κ3) is 1.37. The van der Waals surface area contributed by atoms with Gasteiger partial charge in [-0.15, -0.1) is 0 Å². The number of Topliss-reactive ketones (excluding diaryl/α,β-unsaturated/α-hetero) is 1. The molecular weight excluding hydrogens is 220 g/mol. The lowest BCUT2D eigenvalue weighted by Gasteiger charge is -2.07. The second-order valence-electron chi connectivity index (χ2n) is 3.37. The monoisotopic (exact) mass is 226 g/mol. The van der Waals surface area contributed by atoms with Gasteiger partial charge in [-0.05, 0) is 17.7 Å². The number of benzene rings is 1. The maximum Gasteiger partial charge on any atom is 0.311 e. The Morgan fingerprint density at radius 3 is 2.73 bits per heavy atom. The highest BCUT2D eigenvalue weighted by atomic mass is 35.5. The number of phenols is 1. The number of ketones is 1. The van der Waals surface area contributed by atoms with Gasteiger partial charge >= 0.3 is 5.97 Å². The largest absolute Gasteiger partial charge is 0.507 e. The summed E-state index contributed by atoms with van der Waals surface area (Å²) < 4.78 is 0. The molecule has 15 heavy (non-hydrogen) atoms. The van der Waals surface area contributed by atoms with Crippen molar-refractivity contribution in [2.24, 2.45) is 0 Å². The second-order valence-corrected chi connectivity index (χ2v) is 3.78. The Morgan fingerprint density at radius 1 is 1.47 bits per heavy atom. The number of hydrogen-bond donors (Lipinski definition) is 2. The molecule has 1 unspecified atom stereocenters. The summed E-state index contributed by atoms with van der Waals surface area (Å²) in [5.74, 6) is -2.62. The SMILES string of the molecule is O=C1CC(C(=O)O)c2c(Cl)ccc(O)c21. The van der Waals surface area contributed by atoms with E-state index < -0.39 is 11.9 Å². The van der Waals surface area contributed by atoms with E-state index in [9.17, 15) is 14.7 Å². The summed E-state index contributed by atoms with van der Waals surface area (Å²) in [7, 11) is 0. The molecule has 1 aromatic carbocycles. The number of halogens is 1. The molecule has 0 aliphatic heterocycles. The molecule has 0 spiro atoms. The Labute approximate surface area is 90.1 Å². The summed E-state index contributed by atoms with van der Waals surface area (Å²) in [5, 5.41) is 18.6. The lowest BCUT2D eigenvalue weighted by Crippen LogP contribution is -2.08. The van der Waals surface area contributed by atoms with Crippen molar-refractivity contribution in [1.82, 2.24) is 0 Å². The van der Waals surface area contributed by atoms with Crippen LogP contribution in [0.1, 0.15) is 28.3 Å². The first kappa shape index (κ1) is 9.98. The Morgan fingerprint density at radius 2 is 2.13 bits per heavy atom. The van der Waals surface area contributed by atoms with Crippen LogP contribution in [0.25, 0.3) is 0 Å². The summed E-state index contributed by atoms with van der Waals surface area (Å²) in [6.45, 7) is 0. The minimum Gasteiger partial charge on any atom is -0.507 e. The number of aromatic hydroxyl groups is 1. The molecule has 1 aliphatic rings. The highest BCUT2D eigenvalue weighted by molar-refractivity contribution is 6.33. The molecule has 2 rings (SSSR count). The molecule has 0 heterocycles. The van der Waals surface area contributed by atoms with E-state index in [1.807, 2.05) is 0 Å². The molecule has 0 bridgehead atoms. The number of carbonyl (C=O) groups is 2. The number of phenolic OH excluding ortho intramolecular Hbond substituents is 1. The first-order chi connectivity index (χ1) is 7.02. The van der Waals surface area contributed by atoms with Gasteiger partial charge in [-0.25, -0.2) is 0 Å². The van der Waals surface area contributed by atoms with Gasteiger partial charge < -0.3 is 10.2 Å². The van der Waals surface area contributed by atoms with E-state index >= 15 is 0 Å². The highest BCUT2D eigenvalue weighted by Crippen LogP contribution is 2.42. The topological polar surface area (TPSA) is 74.6 Å². The molecule has 4 nitrogen and oxygen atoms in total. The fraction of sp³-hybridized carbons (Fsp3) is 0.200. The molecule has 0 saturated carbocycles. The van der Waals surface area contributed by atoms with E-state index in [2.05, 4.69) is 0 Å². The van der Waals surface area contributed by atoms with Crippen LogP contribution in [0.15, 0.2) is 12.1 Å². The molecule has 1 aromatic rings. The molecule has 5 heteroatoms. The van der Waals surface area contributed by atoms with Crippen molar-refractivity contribution in [1.29, 1.82) is 0 Å². The molecule has 0 saturated heterocycles. The summed E-state index contributed by atoms with van der Waals surface area (Å²) >= 11 is 5.82. The minimum absolute atomic E-state index is 0.0508. The first-order valence-electron chi connectivity index (χ1n) is 4.29. The van der Waals surface area contributed by atoms with Crippen LogP contribution in [0.2, 0.25) is 5.02 Å². The van der Waals surface area contributed by atoms with Crippen molar-refractivity contribution >= 4 is 23.4 Å². The molecule has 1 aliphatic carbocycles. The van der Waals surface area contributed by atoms with Crippen molar-refractivity contribution in [3.63, 3.8) is 0 Å². The predicted molar refractivity (Wildman–Crippen MR) is 52.4 cm³/mol. The molecule has 0 amide bonds. The summed E-state index contributed by atoms with van der Waals surface area (Å²) in [6, 6.07) is 2.69. The van der Waals surface area contributed by atoms with Crippen molar-refractivity contribution in [2.75, 3.05) is 0 Å². The molecular formula is C10H7ClO4. The van der Waals surface area contributed by atoms with Crippen LogP contribution in [0, 0.1) is 0 Å². The van der Waals surface area contributed by atoms with Gasteiger partial charge in [-0.2, -0.15) is 0 Å². The number of carbonyl (C=O) groups excluding carboxylic acids is 1. The Balaban J connectivity index is 2.69. The van der Waals surface area contributed by atoms with E-state index in [0.717, 1.165) is 0 Å². The van der Waals surface area contributed by atoms with Crippen LogP contribution in [0.3, 0.4) is 0 Å². The maximum absolute atomic E-state index is 11.5. The highest BCUT2D eigenvalue weighted by Gasteiger charge is 2.38. The Kier molecular flexibility index (Phi) is 2.16. The van der Waals surface area contributed by atoms with Gasteiger partial charge in [-0.3, -0.25) is 9.59 Å². The fourth-order valence-electron chi connectivity index (χ4n) is 1.82. The third-order valence-electron chi connectivity index (χ3n) is 2.49. The van der Waals surface area contributed by atoms with Crippen molar-refractivity contribution in [3.05, 3.63) is 28.3 Å². The van der Waals surface area contributed by atoms with Crippen LogP contribution >= 0.6 is 11.6 Å². The van der Waals surface area contributed by atoms with Gasteiger partial charge in [-0.1, -0.05) is 11.6 Å². The third-order valence-corrected chi connectivity index (χ3v) is 2.81. The van der Waals surface area contributed by atoms with Crippen LogP contribution in [0.5, 0.6) is 5.75 Å². The normalized spacial score (nSPS) is 19.0. The summed E-state index contributed by atoms with van der Waals surface area (Å²) in [4.78, 5) is 22.4. The van der Waals surface area contributed by atoms with E-state index in [1.165, 1.54) is 12.1 Å². The number of hydrogen-bond acceptors (Lipinski definition) is 3. The molecule has 0 fully saturated rings. The van der Waals surface area contributed by atoms with Gasteiger partial charge in [0.25, 0.3) is 0 Å². The zero-order chi connectivity index (χ0) is 11.2. The molecule has 2 N–H and O–H groups in total. The number of aliphatic carboxylic acids is 1. The number of fused-ring (bicyclic) bond motifs is 1. The van der Waals surface area contributed by atoms with Gasteiger partial charge in [0.2, 0.25) is 0 Å². The first-order valence-corrected chi connectivity index (χ1v) is 4.67. The summed E-state index contributed by atoms with van der Waals surface area (Å²) in [6.07, 6.45) is -0.137. The van der Waals surface area contributed by atoms with E-state index in [4.69, 9.17) is 16.7 Å². The van der Waals surface area contributed by atoms with E-state index in [1.54, 1.807) is 0 Å². The molecule has 78 valence electrons. The smallest absolute Gasteiger partial charge is 0.311 e. The zero-order valence-electron chi connectivity index (χ0n) is 7.53. The number of carboxylic acid groups (broad SMARTS) is 1. The van der Waals surface area contributed by atoms with E-state index in [-0.39, 0.29) is 34.1 Å². The minimum atomic E-state index is -1.10. The summed E-state index contributed by atoms with van der Waals surface area (Å²) in [5.41, 5.74) is 0.282. The zero-order valence-corrected chi connectivity index (χ0v) is 8.28. The van der Waals surface area contributed by atoms with Crippen LogP contribution in [-0.2, 0) is 4.79 Å². The average Bonchev–Trinajstić information content (AvgIpc) is 2.51. The van der Waals surface area contributed by atoms with Crippen LogP contribution < -0.4 is 0 Å². The average molecular weight is 227 g/mol. The predicted octanol–water partition coefficient (Wildman–Crippen LogP) is 1.80. The number of rotatable bonds is 1. The van der Waals surface area contributed by atoms with Gasteiger partial charge in [0.15, 0.2) is 5.78 Å². The lowest BCUT2D eigenvalue weighted by atomic mass is 10.0. The molecule has 0 aromatic heterocycles. The van der Waals surface area contributed by atoms with Crippen LogP contribution in [-0.4, -0.2) is 22.0 Å². The lowest BCUT2D eigenvalue weighted by molar-refractivity contribution is -0.138. The van der Waals surface area contributed by atoms with Gasteiger partial charge in [0.05, 0.1) is 11.5 Å².